The molecule has 2 heterocycles. The number of nitrogens with one attached hydrogen (secondary N) is 1. The maximum Gasteiger partial charge on any atom is 0.257 e. The SMILES string of the molecule is COc1ccc2nc(NC(=O)c3ccccc3C(O)c3ccncc3)sc2c1. The van der Waals surface area contributed by atoms with Crippen LogP contribution in [0, 0.1) is 0 Å². The predicted molar refractivity (Wildman–Crippen MR) is 109 cm³/mol. The Balaban J connectivity index is 1.62. The number of amides is 1. The first kappa shape index (κ1) is 18.1. The Morgan fingerprint density at radius 2 is 1.93 bits per heavy atom. The molecule has 2 aromatic carbocycles. The first-order valence-electron chi connectivity index (χ1n) is 8.58. The Bertz CT molecular complexity index is 1130. The molecule has 0 fully saturated rings. The van der Waals surface area contributed by atoms with Gasteiger partial charge in [0.2, 0.25) is 0 Å². The molecule has 140 valence electrons. The lowest BCUT2D eigenvalue weighted by atomic mass is 9.97. The molecule has 0 spiro atoms. The molecule has 1 atom stereocenters. The van der Waals surface area contributed by atoms with Crippen LogP contribution < -0.4 is 10.1 Å². The highest BCUT2D eigenvalue weighted by Gasteiger charge is 2.19. The molecule has 0 saturated heterocycles. The van der Waals surface area contributed by atoms with E-state index in [1.807, 2.05) is 18.2 Å². The van der Waals surface area contributed by atoms with Crippen LogP contribution in [0.3, 0.4) is 0 Å². The molecule has 6 nitrogen and oxygen atoms in total. The molecule has 28 heavy (non-hydrogen) atoms. The third-order valence-electron chi connectivity index (χ3n) is 4.34. The van der Waals surface area contributed by atoms with Crippen LogP contribution in [-0.2, 0) is 0 Å². The van der Waals surface area contributed by atoms with Crippen molar-refractivity contribution in [2.75, 3.05) is 12.4 Å². The van der Waals surface area contributed by atoms with Crippen molar-refractivity contribution < 1.29 is 14.6 Å². The van der Waals surface area contributed by atoms with Crippen molar-refractivity contribution in [2.24, 2.45) is 0 Å². The molecule has 0 bridgehead atoms. The molecular formula is C21H17N3O3S. The summed E-state index contributed by atoms with van der Waals surface area (Å²) < 4.78 is 6.14. The van der Waals surface area contributed by atoms with E-state index in [0.29, 0.717) is 21.8 Å². The van der Waals surface area contributed by atoms with E-state index in [2.05, 4.69) is 15.3 Å². The van der Waals surface area contributed by atoms with E-state index in [-0.39, 0.29) is 5.91 Å². The molecule has 2 N–H and O–H groups in total. The minimum absolute atomic E-state index is 0.324. The van der Waals surface area contributed by atoms with Crippen LogP contribution >= 0.6 is 11.3 Å². The topological polar surface area (TPSA) is 84.3 Å². The molecule has 7 heteroatoms. The van der Waals surface area contributed by atoms with Gasteiger partial charge in [0.1, 0.15) is 11.9 Å². The molecule has 2 aromatic heterocycles. The van der Waals surface area contributed by atoms with Crippen molar-refractivity contribution in [1.82, 2.24) is 9.97 Å². The summed E-state index contributed by atoms with van der Waals surface area (Å²) in [6.45, 7) is 0. The molecule has 0 aliphatic heterocycles. The predicted octanol–water partition coefficient (Wildman–Crippen LogP) is 4.03. The van der Waals surface area contributed by atoms with Gasteiger partial charge in [0.25, 0.3) is 5.91 Å². The number of fused-ring (bicyclic) bond motifs is 1. The second-order valence-electron chi connectivity index (χ2n) is 6.08. The molecule has 1 amide bonds. The number of hydrogen-bond donors (Lipinski definition) is 2. The Morgan fingerprint density at radius 1 is 1.14 bits per heavy atom. The zero-order valence-electron chi connectivity index (χ0n) is 15.0. The van der Waals surface area contributed by atoms with Crippen LogP contribution in [0.2, 0.25) is 0 Å². The number of ether oxygens (including phenoxy) is 1. The van der Waals surface area contributed by atoms with Gasteiger partial charge in [-0.1, -0.05) is 29.5 Å². The summed E-state index contributed by atoms with van der Waals surface area (Å²) >= 11 is 1.37. The second-order valence-corrected chi connectivity index (χ2v) is 7.11. The molecule has 4 aromatic rings. The van der Waals surface area contributed by atoms with Gasteiger partial charge in [0.15, 0.2) is 5.13 Å². The number of anilines is 1. The fourth-order valence-corrected chi connectivity index (χ4v) is 3.81. The number of carbonyl (C=O) groups is 1. The summed E-state index contributed by atoms with van der Waals surface area (Å²) in [7, 11) is 1.61. The van der Waals surface area contributed by atoms with Crippen LogP contribution in [0.1, 0.15) is 27.6 Å². The molecule has 0 saturated carbocycles. The summed E-state index contributed by atoms with van der Waals surface area (Å²) in [5, 5.41) is 14.0. The van der Waals surface area contributed by atoms with E-state index < -0.39 is 6.10 Å². The average molecular weight is 391 g/mol. The summed E-state index contributed by atoms with van der Waals surface area (Å²) in [6, 6.07) is 16.0. The number of hydrogen-bond acceptors (Lipinski definition) is 6. The molecule has 4 rings (SSSR count). The summed E-state index contributed by atoms with van der Waals surface area (Å²) in [6.07, 6.45) is 2.29. The fourth-order valence-electron chi connectivity index (χ4n) is 2.92. The Morgan fingerprint density at radius 3 is 2.71 bits per heavy atom. The van der Waals surface area contributed by atoms with Crippen LogP contribution in [0.5, 0.6) is 5.75 Å². The highest BCUT2D eigenvalue weighted by atomic mass is 32.1. The van der Waals surface area contributed by atoms with E-state index in [1.165, 1.54) is 11.3 Å². The van der Waals surface area contributed by atoms with Crippen molar-refractivity contribution >= 4 is 32.6 Å². The standard InChI is InChI=1S/C21H17N3O3S/c1-27-14-6-7-17-18(12-14)28-21(23-17)24-20(26)16-5-3-2-4-15(16)19(25)13-8-10-22-11-9-13/h2-12,19,25H,1H3,(H,23,24,26). The number of aromatic nitrogens is 2. The van der Waals surface area contributed by atoms with Crippen LogP contribution in [0.15, 0.2) is 67.0 Å². The summed E-state index contributed by atoms with van der Waals surface area (Å²) in [5.74, 6) is 0.412. The lowest BCUT2D eigenvalue weighted by molar-refractivity contribution is 0.102. The Labute approximate surface area is 165 Å². The van der Waals surface area contributed by atoms with Gasteiger partial charge in [0, 0.05) is 18.0 Å². The first-order chi connectivity index (χ1) is 13.7. The third-order valence-corrected chi connectivity index (χ3v) is 5.27. The van der Waals surface area contributed by atoms with Crippen LogP contribution in [0.25, 0.3) is 10.2 Å². The smallest absolute Gasteiger partial charge is 0.257 e. The maximum atomic E-state index is 12.9. The quantitative estimate of drug-likeness (QED) is 0.536. The molecule has 0 aliphatic carbocycles. The maximum absolute atomic E-state index is 12.9. The lowest BCUT2D eigenvalue weighted by Gasteiger charge is -2.15. The van der Waals surface area contributed by atoms with Gasteiger partial charge >= 0.3 is 0 Å². The Hall–Kier alpha value is -3.29. The molecule has 0 aliphatic rings. The van der Waals surface area contributed by atoms with Crippen molar-refractivity contribution in [1.29, 1.82) is 0 Å². The number of benzene rings is 2. The number of methoxy groups -OCH3 is 1. The van der Waals surface area contributed by atoms with E-state index in [4.69, 9.17) is 4.74 Å². The van der Waals surface area contributed by atoms with E-state index in [9.17, 15) is 9.90 Å². The van der Waals surface area contributed by atoms with Gasteiger partial charge in [-0.2, -0.15) is 0 Å². The first-order valence-corrected chi connectivity index (χ1v) is 9.40. The summed E-state index contributed by atoms with van der Waals surface area (Å²) in [5.41, 5.74) is 2.37. The summed E-state index contributed by atoms with van der Waals surface area (Å²) in [4.78, 5) is 21.3. The van der Waals surface area contributed by atoms with E-state index in [1.54, 1.807) is 55.9 Å². The van der Waals surface area contributed by atoms with Gasteiger partial charge in [-0.3, -0.25) is 15.1 Å². The zero-order valence-corrected chi connectivity index (χ0v) is 15.8. The highest BCUT2D eigenvalue weighted by molar-refractivity contribution is 7.22. The highest BCUT2D eigenvalue weighted by Crippen LogP contribution is 2.30. The number of carbonyl (C=O) groups excluding carboxylic acids is 1. The van der Waals surface area contributed by atoms with Gasteiger partial charge in [-0.25, -0.2) is 4.98 Å². The number of thiazole rings is 1. The monoisotopic (exact) mass is 391 g/mol. The minimum Gasteiger partial charge on any atom is -0.497 e. The number of nitrogens with zero attached hydrogens (tertiary/aromatic N) is 2. The Kier molecular flexibility index (Phi) is 5.01. The largest absolute Gasteiger partial charge is 0.497 e. The minimum atomic E-state index is -0.926. The number of rotatable bonds is 5. The van der Waals surface area contributed by atoms with Crippen LogP contribution in [0.4, 0.5) is 5.13 Å². The van der Waals surface area contributed by atoms with Gasteiger partial charge in [-0.05, 0) is 47.5 Å². The zero-order chi connectivity index (χ0) is 19.5. The van der Waals surface area contributed by atoms with E-state index in [0.717, 1.165) is 16.0 Å². The lowest BCUT2D eigenvalue weighted by Crippen LogP contribution is -2.16. The van der Waals surface area contributed by atoms with Gasteiger partial charge in [-0.15, -0.1) is 0 Å². The molecule has 1 unspecified atom stereocenters. The fraction of sp³-hybridized carbons (Fsp3) is 0.0952. The van der Waals surface area contributed by atoms with Gasteiger partial charge in [0.05, 0.1) is 17.3 Å². The van der Waals surface area contributed by atoms with Crippen molar-refractivity contribution in [2.45, 2.75) is 6.10 Å². The molecule has 0 radical (unpaired) electrons. The van der Waals surface area contributed by atoms with Crippen molar-refractivity contribution in [3.8, 4) is 5.75 Å². The number of aliphatic hydroxyl groups excluding tert-OH is 1. The van der Waals surface area contributed by atoms with Crippen LogP contribution in [-0.4, -0.2) is 28.1 Å². The normalized spacial score (nSPS) is 11.9. The van der Waals surface area contributed by atoms with Crippen molar-refractivity contribution in [3.05, 3.63) is 83.7 Å². The second kappa shape index (κ2) is 7.75. The molecular weight excluding hydrogens is 374 g/mol. The number of aliphatic hydroxyl groups is 1. The third kappa shape index (κ3) is 3.58. The van der Waals surface area contributed by atoms with E-state index >= 15 is 0 Å². The van der Waals surface area contributed by atoms with Crippen molar-refractivity contribution in [3.63, 3.8) is 0 Å². The van der Waals surface area contributed by atoms with Gasteiger partial charge < -0.3 is 9.84 Å². The number of pyridine rings is 1. The average Bonchev–Trinajstić information content (AvgIpc) is 3.15.